The van der Waals surface area contributed by atoms with E-state index >= 15 is 0 Å². The molecule has 0 fully saturated rings. The molecule has 1 N–H and O–H groups in total. The number of carbonyl (C=O) groups is 1. The zero-order valence-electron chi connectivity index (χ0n) is 11.5. The summed E-state index contributed by atoms with van der Waals surface area (Å²) in [7, 11) is 0. The van der Waals surface area contributed by atoms with E-state index in [0.29, 0.717) is 11.3 Å². The van der Waals surface area contributed by atoms with Crippen molar-refractivity contribution >= 4 is 5.97 Å². The lowest BCUT2D eigenvalue weighted by atomic mass is 10.1. The molecule has 0 aliphatic rings. The van der Waals surface area contributed by atoms with Crippen molar-refractivity contribution in [3.8, 4) is 22.9 Å². The molecule has 0 aliphatic carbocycles. The summed E-state index contributed by atoms with van der Waals surface area (Å²) in [6, 6.07) is 13.2. The molecule has 3 rings (SSSR count). The van der Waals surface area contributed by atoms with Gasteiger partial charge in [0.1, 0.15) is 6.07 Å². The Bertz CT molecular complexity index is 876. The van der Waals surface area contributed by atoms with Crippen molar-refractivity contribution in [1.82, 2.24) is 9.55 Å². The second-order valence-electron chi connectivity index (χ2n) is 4.71. The van der Waals surface area contributed by atoms with E-state index in [9.17, 15) is 10.1 Å². The van der Waals surface area contributed by atoms with Gasteiger partial charge < -0.3 is 9.67 Å². The van der Waals surface area contributed by atoms with Crippen molar-refractivity contribution in [2.75, 3.05) is 0 Å². The van der Waals surface area contributed by atoms with Crippen LogP contribution in [-0.2, 0) is 0 Å². The molecule has 0 unspecified atom stereocenters. The molecule has 0 amide bonds. The van der Waals surface area contributed by atoms with E-state index < -0.39 is 5.97 Å². The summed E-state index contributed by atoms with van der Waals surface area (Å²) in [6.07, 6.45) is 6.32. The highest BCUT2D eigenvalue weighted by molar-refractivity contribution is 5.87. The minimum atomic E-state index is -1.04. The molecule has 5 heteroatoms. The van der Waals surface area contributed by atoms with Crippen molar-refractivity contribution in [3.63, 3.8) is 0 Å². The average Bonchev–Trinajstić information content (AvgIpc) is 3.00. The first-order chi connectivity index (χ1) is 10.7. The first-order valence-electron chi connectivity index (χ1n) is 6.55. The van der Waals surface area contributed by atoms with Crippen LogP contribution in [0.4, 0.5) is 0 Å². The lowest BCUT2D eigenvalue weighted by molar-refractivity contribution is 0.0696. The Morgan fingerprint density at radius 1 is 1.18 bits per heavy atom. The van der Waals surface area contributed by atoms with Crippen LogP contribution in [0.25, 0.3) is 16.8 Å². The molecule has 0 saturated heterocycles. The van der Waals surface area contributed by atoms with Crippen molar-refractivity contribution < 1.29 is 9.90 Å². The van der Waals surface area contributed by atoms with Gasteiger partial charge in [0, 0.05) is 24.2 Å². The van der Waals surface area contributed by atoms with Crippen molar-refractivity contribution in [3.05, 3.63) is 72.3 Å². The van der Waals surface area contributed by atoms with E-state index in [1.165, 1.54) is 12.3 Å². The minimum absolute atomic E-state index is 0.103. The molecule has 2 aromatic heterocycles. The molecule has 22 heavy (non-hydrogen) atoms. The number of carboxylic acids is 1. The topological polar surface area (TPSA) is 78.9 Å². The lowest BCUT2D eigenvalue weighted by Crippen LogP contribution is -2.00. The van der Waals surface area contributed by atoms with E-state index in [4.69, 9.17) is 5.11 Å². The quantitative estimate of drug-likeness (QED) is 0.803. The summed E-state index contributed by atoms with van der Waals surface area (Å²) >= 11 is 0. The summed E-state index contributed by atoms with van der Waals surface area (Å²) in [5, 5.41) is 18.3. The molecule has 5 nitrogen and oxygen atoms in total. The second-order valence-corrected chi connectivity index (χ2v) is 4.71. The Balaban J connectivity index is 2.11. The van der Waals surface area contributed by atoms with Crippen LogP contribution in [0.2, 0.25) is 0 Å². The maximum absolute atomic E-state index is 11.0. The van der Waals surface area contributed by atoms with Crippen LogP contribution in [0.15, 0.2) is 61.2 Å². The van der Waals surface area contributed by atoms with Crippen LogP contribution in [-0.4, -0.2) is 20.6 Å². The Kier molecular flexibility index (Phi) is 3.42. The van der Waals surface area contributed by atoms with Crippen LogP contribution in [0.1, 0.15) is 15.9 Å². The van der Waals surface area contributed by atoms with Gasteiger partial charge in [0.05, 0.1) is 23.0 Å². The molecule has 2 heterocycles. The predicted octanol–water partition coefficient (Wildman–Crippen LogP) is 3.11. The zero-order chi connectivity index (χ0) is 15.5. The summed E-state index contributed by atoms with van der Waals surface area (Å²) in [6.45, 7) is 0. The van der Waals surface area contributed by atoms with Gasteiger partial charge in [-0.05, 0) is 11.6 Å². The van der Waals surface area contributed by atoms with Crippen LogP contribution in [0.5, 0.6) is 0 Å². The van der Waals surface area contributed by atoms with Gasteiger partial charge in [-0.1, -0.05) is 30.3 Å². The highest BCUT2D eigenvalue weighted by Crippen LogP contribution is 2.26. The van der Waals surface area contributed by atoms with Crippen LogP contribution in [0, 0.1) is 11.3 Å². The largest absolute Gasteiger partial charge is 0.478 e. The van der Waals surface area contributed by atoms with E-state index in [2.05, 4.69) is 11.1 Å². The molecular formula is C17H11N3O2. The maximum Gasteiger partial charge on any atom is 0.337 e. The minimum Gasteiger partial charge on any atom is -0.478 e. The first-order valence-corrected chi connectivity index (χ1v) is 6.55. The zero-order valence-corrected chi connectivity index (χ0v) is 11.5. The first kappa shape index (κ1) is 13.6. The van der Waals surface area contributed by atoms with Crippen molar-refractivity contribution in [2.24, 2.45) is 0 Å². The van der Waals surface area contributed by atoms with Gasteiger partial charge >= 0.3 is 5.97 Å². The third-order valence-corrected chi connectivity index (χ3v) is 3.30. The number of rotatable bonds is 3. The fraction of sp³-hybridized carbons (Fsp3) is 0. The smallest absolute Gasteiger partial charge is 0.337 e. The SMILES string of the molecule is N#Cc1cn(-c2cncc(C(=O)O)c2)cc1-c1ccccc1. The van der Waals surface area contributed by atoms with Crippen molar-refractivity contribution in [2.45, 2.75) is 0 Å². The molecule has 0 bridgehead atoms. The molecule has 0 spiro atoms. The van der Waals surface area contributed by atoms with Crippen LogP contribution in [0.3, 0.4) is 0 Å². The standard InChI is InChI=1S/C17H11N3O2/c18-7-14-10-20(11-16(14)12-4-2-1-3-5-12)15-6-13(17(21)22)8-19-9-15/h1-6,8-11H,(H,21,22). The van der Waals surface area contributed by atoms with E-state index in [1.54, 1.807) is 23.2 Å². The van der Waals surface area contributed by atoms with Crippen LogP contribution < -0.4 is 0 Å². The number of hydrogen-bond acceptors (Lipinski definition) is 3. The number of nitrogens with zero attached hydrogens (tertiary/aromatic N) is 3. The van der Waals surface area contributed by atoms with Gasteiger partial charge in [-0.3, -0.25) is 4.98 Å². The Labute approximate surface area is 126 Å². The highest BCUT2D eigenvalue weighted by Gasteiger charge is 2.11. The number of aromatic carboxylic acids is 1. The van der Waals surface area contributed by atoms with Gasteiger partial charge in [-0.15, -0.1) is 0 Å². The summed E-state index contributed by atoms with van der Waals surface area (Å²) in [4.78, 5) is 15.0. The number of aromatic nitrogens is 2. The third-order valence-electron chi connectivity index (χ3n) is 3.30. The average molecular weight is 289 g/mol. The highest BCUT2D eigenvalue weighted by atomic mass is 16.4. The molecule has 106 valence electrons. The van der Waals surface area contributed by atoms with Crippen molar-refractivity contribution in [1.29, 1.82) is 5.26 Å². The molecule has 3 aromatic rings. The fourth-order valence-corrected chi connectivity index (χ4v) is 2.23. The number of nitriles is 1. The Morgan fingerprint density at radius 3 is 2.64 bits per heavy atom. The van der Waals surface area contributed by atoms with Gasteiger partial charge in [0.25, 0.3) is 0 Å². The van der Waals surface area contributed by atoms with E-state index in [1.807, 2.05) is 30.3 Å². The molecule has 0 radical (unpaired) electrons. The van der Waals surface area contributed by atoms with Gasteiger partial charge in [-0.2, -0.15) is 5.26 Å². The summed E-state index contributed by atoms with van der Waals surface area (Å²) in [5.74, 6) is -1.04. The van der Waals surface area contributed by atoms with E-state index in [-0.39, 0.29) is 5.56 Å². The fourth-order valence-electron chi connectivity index (χ4n) is 2.23. The molecule has 0 saturated carbocycles. The molecule has 1 aromatic carbocycles. The number of hydrogen-bond donors (Lipinski definition) is 1. The van der Waals surface area contributed by atoms with Crippen LogP contribution >= 0.6 is 0 Å². The Morgan fingerprint density at radius 2 is 1.95 bits per heavy atom. The number of carboxylic acid groups (broad SMARTS) is 1. The maximum atomic E-state index is 11.0. The monoisotopic (exact) mass is 289 g/mol. The number of pyridine rings is 1. The van der Waals surface area contributed by atoms with Gasteiger partial charge in [0.2, 0.25) is 0 Å². The summed E-state index contributed by atoms with van der Waals surface area (Å²) in [5.41, 5.74) is 2.94. The third kappa shape index (κ3) is 2.45. The van der Waals surface area contributed by atoms with Gasteiger partial charge in [0.15, 0.2) is 0 Å². The molecule has 0 aliphatic heterocycles. The number of benzene rings is 1. The summed E-state index contributed by atoms with van der Waals surface area (Å²) < 4.78 is 1.71. The van der Waals surface area contributed by atoms with E-state index in [0.717, 1.165) is 11.1 Å². The predicted molar refractivity (Wildman–Crippen MR) is 80.7 cm³/mol. The van der Waals surface area contributed by atoms with Gasteiger partial charge in [-0.25, -0.2) is 4.79 Å². The Hall–Kier alpha value is -3.39. The lowest BCUT2D eigenvalue weighted by Gasteiger charge is -2.03. The normalized spacial score (nSPS) is 10.1. The second kappa shape index (κ2) is 5.54. The molecular weight excluding hydrogens is 278 g/mol. The molecule has 0 atom stereocenters.